The summed E-state index contributed by atoms with van der Waals surface area (Å²) in [6, 6.07) is 2.08. The van der Waals surface area contributed by atoms with Crippen molar-refractivity contribution in [3.8, 4) is 0 Å². The van der Waals surface area contributed by atoms with E-state index in [9.17, 15) is 22.0 Å². The fourth-order valence-corrected chi connectivity index (χ4v) is 2.08. The monoisotopic (exact) mass is 249 g/mol. The molecule has 16 heavy (non-hydrogen) atoms. The maximum absolute atomic E-state index is 13.1. The largest absolute Gasteiger partial charge is 0.299 e. The van der Waals surface area contributed by atoms with E-state index in [1.165, 1.54) is 6.92 Å². The van der Waals surface area contributed by atoms with Crippen LogP contribution in [0.5, 0.6) is 0 Å². The molecule has 4 nitrogen and oxygen atoms in total. The minimum Gasteiger partial charge on any atom is -0.299 e. The highest BCUT2D eigenvalue weighted by Gasteiger charge is 2.19. The lowest BCUT2D eigenvalue weighted by Gasteiger charge is -2.05. The number of rotatable bonds is 4. The number of Topliss-reactive ketones (excluding diaryl/α,β-unsaturated/α-hetero) is 1. The van der Waals surface area contributed by atoms with E-state index in [0.717, 1.165) is 12.1 Å². The smallest absolute Gasteiger partial charge is 0.243 e. The van der Waals surface area contributed by atoms with Gasteiger partial charge in [-0.15, -0.1) is 0 Å². The van der Waals surface area contributed by atoms with Crippen LogP contribution in [-0.2, 0) is 14.8 Å². The lowest BCUT2D eigenvalue weighted by Crippen LogP contribution is -2.29. The minimum atomic E-state index is -4.12. The van der Waals surface area contributed by atoms with Crippen LogP contribution >= 0.6 is 0 Å². The van der Waals surface area contributed by atoms with E-state index in [-0.39, 0.29) is 0 Å². The zero-order valence-corrected chi connectivity index (χ0v) is 9.14. The SMILES string of the molecule is CC(=O)CNS(=O)(=O)c1ccc(F)cc1F. The van der Waals surface area contributed by atoms with Crippen molar-refractivity contribution < 1.29 is 22.0 Å². The fourth-order valence-electron chi connectivity index (χ4n) is 0.968. The molecule has 7 heteroatoms. The van der Waals surface area contributed by atoms with Gasteiger partial charge in [0.2, 0.25) is 10.0 Å². The number of halogens is 2. The van der Waals surface area contributed by atoms with Gasteiger partial charge >= 0.3 is 0 Å². The van der Waals surface area contributed by atoms with Crippen LogP contribution < -0.4 is 4.72 Å². The predicted molar refractivity (Wildman–Crippen MR) is 52.2 cm³/mol. The summed E-state index contributed by atoms with van der Waals surface area (Å²) in [4.78, 5) is 9.90. The quantitative estimate of drug-likeness (QED) is 0.859. The number of carbonyl (C=O) groups is 1. The highest BCUT2D eigenvalue weighted by atomic mass is 32.2. The second-order valence-corrected chi connectivity index (χ2v) is 4.84. The van der Waals surface area contributed by atoms with E-state index in [0.29, 0.717) is 6.07 Å². The molecule has 0 radical (unpaired) electrons. The third-order valence-corrected chi connectivity index (χ3v) is 3.13. The maximum atomic E-state index is 13.1. The van der Waals surface area contributed by atoms with Crippen LogP contribution in [-0.4, -0.2) is 20.7 Å². The molecule has 0 aromatic heterocycles. The van der Waals surface area contributed by atoms with Crippen LogP contribution in [0.15, 0.2) is 23.1 Å². The molecule has 0 bridgehead atoms. The highest BCUT2D eigenvalue weighted by molar-refractivity contribution is 7.89. The number of ketones is 1. The Labute approximate surface area is 91.3 Å². The van der Waals surface area contributed by atoms with Crippen molar-refractivity contribution in [2.45, 2.75) is 11.8 Å². The molecule has 88 valence electrons. The zero-order chi connectivity index (χ0) is 12.3. The van der Waals surface area contributed by atoms with E-state index >= 15 is 0 Å². The highest BCUT2D eigenvalue weighted by Crippen LogP contribution is 2.14. The van der Waals surface area contributed by atoms with Gasteiger partial charge in [-0.1, -0.05) is 0 Å². The number of benzene rings is 1. The normalized spacial score (nSPS) is 11.4. The molecule has 0 spiro atoms. The van der Waals surface area contributed by atoms with Gasteiger partial charge in [0.1, 0.15) is 22.3 Å². The van der Waals surface area contributed by atoms with Gasteiger partial charge in [0.05, 0.1) is 6.54 Å². The fraction of sp³-hybridized carbons (Fsp3) is 0.222. The van der Waals surface area contributed by atoms with E-state index in [4.69, 9.17) is 0 Å². The molecule has 1 rings (SSSR count). The molecule has 1 N–H and O–H groups in total. The summed E-state index contributed by atoms with van der Waals surface area (Å²) < 4.78 is 50.4. The summed E-state index contributed by atoms with van der Waals surface area (Å²) in [6.45, 7) is 0.753. The third-order valence-electron chi connectivity index (χ3n) is 1.69. The van der Waals surface area contributed by atoms with Crippen molar-refractivity contribution >= 4 is 15.8 Å². The standard InChI is InChI=1S/C9H9F2NO3S/c1-6(13)5-12-16(14,15)9-3-2-7(10)4-8(9)11/h2-4,12H,5H2,1H3. The Bertz CT molecular complexity index is 513. The van der Waals surface area contributed by atoms with Gasteiger partial charge < -0.3 is 0 Å². The van der Waals surface area contributed by atoms with Crippen LogP contribution in [0.4, 0.5) is 8.78 Å². The van der Waals surface area contributed by atoms with Gasteiger partial charge in [-0.2, -0.15) is 0 Å². The number of sulfonamides is 1. The second-order valence-electron chi connectivity index (χ2n) is 3.10. The van der Waals surface area contributed by atoms with Crippen LogP contribution in [0, 0.1) is 11.6 Å². The van der Waals surface area contributed by atoms with Crippen molar-refractivity contribution in [2.75, 3.05) is 6.54 Å². The Morgan fingerprint density at radius 2 is 2.00 bits per heavy atom. The number of hydrogen-bond acceptors (Lipinski definition) is 3. The lowest BCUT2D eigenvalue weighted by molar-refractivity contribution is -0.115. The molecule has 0 saturated heterocycles. The Kier molecular flexibility index (Phi) is 3.71. The summed E-state index contributed by atoms with van der Waals surface area (Å²) in [5.74, 6) is -2.48. The van der Waals surface area contributed by atoms with Crippen molar-refractivity contribution in [2.24, 2.45) is 0 Å². The first-order valence-corrected chi connectivity index (χ1v) is 5.75. The maximum Gasteiger partial charge on any atom is 0.243 e. The van der Waals surface area contributed by atoms with Gasteiger partial charge in [-0.25, -0.2) is 21.9 Å². The molecule has 0 aliphatic carbocycles. The average Bonchev–Trinajstić information content (AvgIpc) is 2.14. The average molecular weight is 249 g/mol. The summed E-state index contributed by atoms with van der Waals surface area (Å²) in [5, 5.41) is 0. The molecule has 0 amide bonds. The molecular weight excluding hydrogens is 240 g/mol. The number of carbonyl (C=O) groups excluding carboxylic acids is 1. The Morgan fingerprint density at radius 1 is 1.38 bits per heavy atom. The van der Waals surface area contributed by atoms with Crippen LogP contribution in [0.2, 0.25) is 0 Å². The Morgan fingerprint density at radius 3 is 2.50 bits per heavy atom. The van der Waals surface area contributed by atoms with Gasteiger partial charge in [-0.3, -0.25) is 4.79 Å². The van der Waals surface area contributed by atoms with Crippen molar-refractivity contribution in [1.29, 1.82) is 0 Å². The summed E-state index contributed by atoms with van der Waals surface area (Å²) in [6.07, 6.45) is 0. The first-order chi connectivity index (χ1) is 7.33. The first kappa shape index (κ1) is 12.7. The van der Waals surface area contributed by atoms with Gasteiger partial charge in [0, 0.05) is 6.07 Å². The van der Waals surface area contributed by atoms with Crippen molar-refractivity contribution in [3.63, 3.8) is 0 Å². The van der Waals surface area contributed by atoms with Crippen molar-refractivity contribution in [1.82, 2.24) is 4.72 Å². The zero-order valence-electron chi connectivity index (χ0n) is 8.33. The number of nitrogens with one attached hydrogen (secondary N) is 1. The number of hydrogen-bond donors (Lipinski definition) is 1. The van der Waals surface area contributed by atoms with Crippen molar-refractivity contribution in [3.05, 3.63) is 29.8 Å². The minimum absolute atomic E-state index is 0.411. The van der Waals surface area contributed by atoms with Gasteiger partial charge in [-0.05, 0) is 19.1 Å². The molecule has 0 aliphatic heterocycles. The summed E-state index contributed by atoms with van der Waals surface area (Å²) in [7, 11) is -4.12. The molecule has 0 aliphatic rings. The molecule has 0 heterocycles. The summed E-state index contributed by atoms with van der Waals surface area (Å²) >= 11 is 0. The van der Waals surface area contributed by atoms with Crippen LogP contribution in [0.25, 0.3) is 0 Å². The van der Waals surface area contributed by atoms with Gasteiger partial charge in [0.15, 0.2) is 0 Å². The molecule has 0 atom stereocenters. The molecule has 0 fully saturated rings. The molecule has 0 unspecified atom stereocenters. The first-order valence-electron chi connectivity index (χ1n) is 4.27. The molecular formula is C9H9F2NO3S. The van der Waals surface area contributed by atoms with E-state index in [1.807, 2.05) is 4.72 Å². The molecule has 0 saturated carbocycles. The second kappa shape index (κ2) is 4.67. The Hall–Kier alpha value is -1.34. The summed E-state index contributed by atoms with van der Waals surface area (Å²) in [5.41, 5.74) is 0. The van der Waals surface area contributed by atoms with E-state index < -0.39 is 38.9 Å². The molecule has 1 aromatic carbocycles. The Balaban J connectivity index is 3.03. The predicted octanol–water partition coefficient (Wildman–Crippen LogP) is 0.832. The molecule has 1 aromatic rings. The van der Waals surface area contributed by atoms with Crippen LogP contribution in [0.1, 0.15) is 6.92 Å². The van der Waals surface area contributed by atoms with E-state index in [1.54, 1.807) is 0 Å². The third kappa shape index (κ3) is 3.07. The van der Waals surface area contributed by atoms with Crippen LogP contribution in [0.3, 0.4) is 0 Å². The lowest BCUT2D eigenvalue weighted by atomic mass is 10.3. The van der Waals surface area contributed by atoms with E-state index in [2.05, 4.69) is 0 Å². The topological polar surface area (TPSA) is 63.2 Å². The van der Waals surface area contributed by atoms with Gasteiger partial charge in [0.25, 0.3) is 0 Å².